The van der Waals surface area contributed by atoms with E-state index in [-0.39, 0.29) is 17.0 Å². The molecule has 6 rings (SSSR count). The molecule has 170 valence electrons. The van der Waals surface area contributed by atoms with E-state index in [0.717, 1.165) is 63.2 Å². The van der Waals surface area contributed by atoms with Crippen molar-refractivity contribution in [1.82, 2.24) is 4.57 Å². The molecule has 2 N–H and O–H groups in total. The Balaban J connectivity index is 1.25. The van der Waals surface area contributed by atoms with Crippen LogP contribution < -0.4 is 21.1 Å². The molecule has 0 unspecified atom stereocenters. The zero-order valence-electron chi connectivity index (χ0n) is 19.3. The molecule has 0 saturated carbocycles. The largest absolute Gasteiger partial charge is 0.358 e. The lowest BCUT2D eigenvalue weighted by molar-refractivity contribution is 0.187. The normalized spacial score (nSPS) is 21.2. The van der Waals surface area contributed by atoms with Crippen molar-refractivity contribution >= 4 is 17.2 Å². The first-order chi connectivity index (χ1) is 16.1. The number of aromatic nitrogens is 1. The Morgan fingerprint density at radius 3 is 2.39 bits per heavy atom. The van der Waals surface area contributed by atoms with Gasteiger partial charge in [-0.1, -0.05) is 42.5 Å². The van der Waals surface area contributed by atoms with Crippen molar-refractivity contribution in [3.63, 3.8) is 0 Å². The summed E-state index contributed by atoms with van der Waals surface area (Å²) in [7, 11) is 1.92. The highest BCUT2D eigenvalue weighted by Crippen LogP contribution is 2.51. The Kier molecular flexibility index (Phi) is 4.84. The zero-order chi connectivity index (χ0) is 22.6. The van der Waals surface area contributed by atoms with Crippen molar-refractivity contribution < 1.29 is 0 Å². The van der Waals surface area contributed by atoms with Crippen molar-refractivity contribution in [3.05, 3.63) is 87.7 Å². The topological polar surface area (TPSA) is 54.5 Å². The van der Waals surface area contributed by atoms with Crippen LogP contribution in [0.2, 0.25) is 0 Å². The summed E-state index contributed by atoms with van der Waals surface area (Å²) < 4.78 is 1.84. The minimum atomic E-state index is 0.0782. The molecule has 0 amide bonds. The molecular formula is C28H32N4O. The third-order valence-corrected chi connectivity index (χ3v) is 8.33. The fourth-order valence-electron chi connectivity index (χ4n) is 6.41. The Morgan fingerprint density at radius 2 is 1.61 bits per heavy atom. The molecule has 1 fully saturated rings. The number of aryl methyl sites for hydroxylation is 1. The van der Waals surface area contributed by atoms with Crippen LogP contribution in [-0.4, -0.2) is 24.2 Å². The molecule has 0 bridgehead atoms. The van der Waals surface area contributed by atoms with Crippen LogP contribution in [0.5, 0.6) is 0 Å². The van der Waals surface area contributed by atoms with Crippen LogP contribution in [0, 0.1) is 5.41 Å². The molecule has 5 nitrogen and oxygen atoms in total. The highest BCUT2D eigenvalue weighted by molar-refractivity contribution is 5.68. The number of hydrogen-bond donors (Lipinski definition) is 1. The monoisotopic (exact) mass is 440 g/mol. The van der Waals surface area contributed by atoms with Crippen molar-refractivity contribution in [2.75, 3.05) is 29.4 Å². The molecule has 0 radical (unpaired) electrons. The second-order valence-corrected chi connectivity index (χ2v) is 10.0. The Hall–Kier alpha value is -3.05. The molecule has 33 heavy (non-hydrogen) atoms. The van der Waals surface area contributed by atoms with Gasteiger partial charge in [0.15, 0.2) is 0 Å². The lowest BCUT2D eigenvalue weighted by Crippen LogP contribution is -2.45. The molecule has 1 aliphatic carbocycles. The SMILES string of the molecule is Cn1c(N2CCC3(CC2)Cc2ccccc2[C@H]3N)ccc(N2CCCc3ccccc32)c1=O. The number of para-hydroxylation sites is 1. The van der Waals surface area contributed by atoms with Crippen LogP contribution in [0.25, 0.3) is 0 Å². The van der Waals surface area contributed by atoms with Gasteiger partial charge < -0.3 is 15.5 Å². The van der Waals surface area contributed by atoms with Gasteiger partial charge in [0.2, 0.25) is 0 Å². The molecule has 1 aromatic heterocycles. The predicted octanol–water partition coefficient (Wildman–Crippen LogP) is 4.31. The number of nitrogens with zero attached hydrogens (tertiary/aromatic N) is 3. The van der Waals surface area contributed by atoms with Crippen molar-refractivity contribution in [1.29, 1.82) is 0 Å². The van der Waals surface area contributed by atoms with Crippen LogP contribution in [0.3, 0.4) is 0 Å². The molecule has 1 saturated heterocycles. The molecule has 1 spiro atoms. The summed E-state index contributed by atoms with van der Waals surface area (Å²) >= 11 is 0. The molecule has 2 aromatic carbocycles. The first-order valence-electron chi connectivity index (χ1n) is 12.2. The van der Waals surface area contributed by atoms with E-state index in [1.54, 1.807) is 0 Å². The Bertz CT molecular complexity index is 1250. The van der Waals surface area contributed by atoms with Gasteiger partial charge in [0, 0.05) is 38.4 Å². The number of nitrogens with two attached hydrogens (primary N) is 1. The maximum absolute atomic E-state index is 13.5. The maximum atomic E-state index is 13.5. The molecule has 3 aliphatic rings. The summed E-state index contributed by atoms with van der Waals surface area (Å²) in [6, 6.07) is 21.4. The second kappa shape index (κ2) is 7.77. The van der Waals surface area contributed by atoms with E-state index in [1.165, 1.54) is 22.4 Å². The average Bonchev–Trinajstić information content (AvgIpc) is 3.12. The van der Waals surface area contributed by atoms with Gasteiger partial charge in [-0.2, -0.15) is 0 Å². The van der Waals surface area contributed by atoms with Gasteiger partial charge in [-0.15, -0.1) is 0 Å². The van der Waals surface area contributed by atoms with Gasteiger partial charge in [-0.25, -0.2) is 0 Å². The van der Waals surface area contributed by atoms with E-state index < -0.39 is 0 Å². The smallest absolute Gasteiger partial charge is 0.275 e. The number of piperidine rings is 1. The highest BCUT2D eigenvalue weighted by Gasteiger charge is 2.46. The van der Waals surface area contributed by atoms with Gasteiger partial charge in [0.1, 0.15) is 11.5 Å². The predicted molar refractivity (Wildman–Crippen MR) is 134 cm³/mol. The van der Waals surface area contributed by atoms with Crippen LogP contribution in [0.1, 0.15) is 42.0 Å². The third-order valence-electron chi connectivity index (χ3n) is 8.33. The number of fused-ring (bicyclic) bond motifs is 2. The summed E-state index contributed by atoms with van der Waals surface area (Å²) in [5, 5.41) is 0. The van der Waals surface area contributed by atoms with E-state index >= 15 is 0 Å². The van der Waals surface area contributed by atoms with Crippen LogP contribution in [0.15, 0.2) is 65.5 Å². The molecule has 3 aromatic rings. The number of rotatable bonds is 2. The maximum Gasteiger partial charge on any atom is 0.275 e. The minimum Gasteiger partial charge on any atom is -0.358 e. The third kappa shape index (κ3) is 3.21. The molecule has 3 heterocycles. The quantitative estimate of drug-likeness (QED) is 0.645. The van der Waals surface area contributed by atoms with Gasteiger partial charge in [-0.05, 0) is 72.4 Å². The molecule has 1 atom stereocenters. The molecule has 2 aliphatic heterocycles. The first kappa shape index (κ1) is 20.5. The zero-order valence-corrected chi connectivity index (χ0v) is 19.3. The first-order valence-corrected chi connectivity index (χ1v) is 12.2. The van der Waals surface area contributed by atoms with Gasteiger partial charge >= 0.3 is 0 Å². The Labute approximate surface area is 195 Å². The lowest BCUT2D eigenvalue weighted by atomic mass is 9.73. The Morgan fingerprint density at radius 1 is 0.879 bits per heavy atom. The van der Waals surface area contributed by atoms with Crippen LogP contribution >= 0.6 is 0 Å². The van der Waals surface area contributed by atoms with E-state index in [2.05, 4.69) is 64.4 Å². The van der Waals surface area contributed by atoms with E-state index in [1.807, 2.05) is 17.7 Å². The van der Waals surface area contributed by atoms with Crippen molar-refractivity contribution in [2.24, 2.45) is 18.2 Å². The van der Waals surface area contributed by atoms with E-state index in [0.29, 0.717) is 0 Å². The number of anilines is 3. The average molecular weight is 441 g/mol. The summed E-state index contributed by atoms with van der Waals surface area (Å²) in [6.45, 7) is 2.75. The lowest BCUT2D eigenvalue weighted by Gasteiger charge is -2.43. The van der Waals surface area contributed by atoms with Gasteiger partial charge in [0.05, 0.1) is 0 Å². The fraction of sp³-hybridized carbons (Fsp3) is 0.393. The van der Waals surface area contributed by atoms with Gasteiger partial charge in [0.25, 0.3) is 5.56 Å². The van der Waals surface area contributed by atoms with Crippen molar-refractivity contribution in [2.45, 2.75) is 38.1 Å². The number of pyridine rings is 1. The highest BCUT2D eigenvalue weighted by atomic mass is 16.1. The summed E-state index contributed by atoms with van der Waals surface area (Å²) in [5.41, 5.74) is 13.0. The second-order valence-electron chi connectivity index (χ2n) is 10.0. The number of benzene rings is 2. The van der Waals surface area contributed by atoms with Gasteiger partial charge in [-0.3, -0.25) is 9.36 Å². The van der Waals surface area contributed by atoms with E-state index in [9.17, 15) is 4.79 Å². The summed E-state index contributed by atoms with van der Waals surface area (Å²) in [4.78, 5) is 18.0. The van der Waals surface area contributed by atoms with Crippen LogP contribution in [-0.2, 0) is 19.9 Å². The summed E-state index contributed by atoms with van der Waals surface area (Å²) in [6.07, 6.45) is 5.33. The fourth-order valence-corrected chi connectivity index (χ4v) is 6.41. The van der Waals surface area contributed by atoms with Crippen molar-refractivity contribution in [3.8, 4) is 0 Å². The minimum absolute atomic E-state index is 0.0782. The molecular weight excluding hydrogens is 408 g/mol. The number of hydrogen-bond acceptors (Lipinski definition) is 4. The molecule has 5 heteroatoms. The summed E-state index contributed by atoms with van der Waals surface area (Å²) in [5.74, 6) is 1.01. The van der Waals surface area contributed by atoms with Crippen LogP contribution in [0.4, 0.5) is 17.2 Å². The van der Waals surface area contributed by atoms with E-state index in [4.69, 9.17) is 5.73 Å². The standard InChI is InChI=1S/C28H32N4O/c1-30-25(13-12-24(27(30)33)32-16-6-9-20-7-3-5-11-23(20)32)31-17-14-28(15-18-31)19-21-8-2-4-10-22(21)26(28)29/h2-5,7-8,10-13,26H,6,9,14-19,29H2,1H3/t26-/m1/s1.